The van der Waals surface area contributed by atoms with E-state index in [1.54, 1.807) is 6.07 Å². The lowest BCUT2D eigenvalue weighted by atomic mass is 10.2. The van der Waals surface area contributed by atoms with Gasteiger partial charge in [-0.2, -0.15) is 0 Å². The molecule has 4 heteroatoms. The minimum Gasteiger partial charge on any atom is -0.497 e. The molecule has 0 spiro atoms. The van der Waals surface area contributed by atoms with Gasteiger partial charge in [0.25, 0.3) is 5.91 Å². The molecule has 2 rings (SSSR count). The molecule has 15 heavy (non-hydrogen) atoms. The average Bonchev–Trinajstić information content (AvgIpc) is 3.01. The first-order valence-corrected chi connectivity index (χ1v) is 4.85. The minimum atomic E-state index is -0.549. The Morgan fingerprint density at radius 3 is 2.80 bits per heavy atom. The van der Waals surface area contributed by atoms with Crippen molar-refractivity contribution >= 4 is 5.91 Å². The highest BCUT2D eigenvalue weighted by Gasteiger charge is 2.24. The number of benzene rings is 1. The van der Waals surface area contributed by atoms with Crippen LogP contribution in [0.2, 0.25) is 0 Å². The Labute approximate surface area is 87.2 Å². The molecule has 1 amide bonds. The SMILES string of the molecule is COc1ccc(C(=O)NC2CC2)c(F)c1. The molecule has 3 nitrogen and oxygen atoms in total. The molecule has 0 unspecified atom stereocenters. The van der Waals surface area contributed by atoms with Gasteiger partial charge in [-0.25, -0.2) is 4.39 Å². The quantitative estimate of drug-likeness (QED) is 0.823. The van der Waals surface area contributed by atoms with E-state index in [-0.39, 0.29) is 17.5 Å². The van der Waals surface area contributed by atoms with Gasteiger partial charge in [0.1, 0.15) is 11.6 Å². The van der Waals surface area contributed by atoms with Crippen LogP contribution in [0, 0.1) is 5.82 Å². The Bertz CT molecular complexity index is 388. The van der Waals surface area contributed by atoms with Crippen molar-refractivity contribution in [1.82, 2.24) is 5.32 Å². The van der Waals surface area contributed by atoms with Crippen LogP contribution in [0.25, 0.3) is 0 Å². The molecule has 0 radical (unpaired) electrons. The Balaban J connectivity index is 2.15. The number of halogens is 1. The third-order valence-electron chi connectivity index (χ3n) is 2.33. The van der Waals surface area contributed by atoms with E-state index >= 15 is 0 Å². The molecular formula is C11H12FNO2. The molecule has 1 saturated carbocycles. The summed E-state index contributed by atoms with van der Waals surface area (Å²) >= 11 is 0. The van der Waals surface area contributed by atoms with E-state index in [0.29, 0.717) is 5.75 Å². The molecule has 0 aliphatic heterocycles. The van der Waals surface area contributed by atoms with Crippen molar-refractivity contribution in [3.63, 3.8) is 0 Å². The largest absolute Gasteiger partial charge is 0.497 e. The number of carbonyl (C=O) groups excluding carboxylic acids is 1. The topological polar surface area (TPSA) is 38.3 Å². The van der Waals surface area contributed by atoms with Crippen molar-refractivity contribution in [1.29, 1.82) is 0 Å². The number of nitrogens with one attached hydrogen (secondary N) is 1. The fourth-order valence-electron chi connectivity index (χ4n) is 1.30. The van der Waals surface area contributed by atoms with Gasteiger partial charge in [-0.05, 0) is 25.0 Å². The van der Waals surface area contributed by atoms with Crippen molar-refractivity contribution in [3.05, 3.63) is 29.6 Å². The summed E-state index contributed by atoms with van der Waals surface area (Å²) < 4.78 is 18.3. The Morgan fingerprint density at radius 1 is 1.53 bits per heavy atom. The molecule has 0 saturated heterocycles. The molecule has 0 aromatic heterocycles. The van der Waals surface area contributed by atoms with Crippen LogP contribution in [0.5, 0.6) is 5.75 Å². The third-order valence-corrected chi connectivity index (χ3v) is 2.33. The molecule has 1 aromatic carbocycles. The number of rotatable bonds is 3. The molecule has 1 N–H and O–H groups in total. The molecule has 0 atom stereocenters. The first-order chi connectivity index (χ1) is 7.20. The lowest BCUT2D eigenvalue weighted by Gasteiger charge is -2.05. The predicted octanol–water partition coefficient (Wildman–Crippen LogP) is 1.73. The summed E-state index contributed by atoms with van der Waals surface area (Å²) in [6.45, 7) is 0. The molecular weight excluding hydrogens is 197 g/mol. The van der Waals surface area contributed by atoms with Crippen LogP contribution in [0.1, 0.15) is 23.2 Å². The lowest BCUT2D eigenvalue weighted by molar-refractivity contribution is 0.0947. The number of ether oxygens (including phenoxy) is 1. The van der Waals surface area contributed by atoms with Crippen LogP contribution >= 0.6 is 0 Å². The highest BCUT2D eigenvalue weighted by atomic mass is 19.1. The molecule has 0 heterocycles. The minimum absolute atomic E-state index is 0.0719. The second-order valence-corrected chi connectivity index (χ2v) is 3.59. The maximum atomic E-state index is 13.4. The zero-order valence-corrected chi connectivity index (χ0v) is 8.42. The van der Waals surface area contributed by atoms with Crippen molar-refractivity contribution in [2.24, 2.45) is 0 Å². The van der Waals surface area contributed by atoms with E-state index < -0.39 is 5.82 Å². The average molecular weight is 209 g/mol. The van der Waals surface area contributed by atoms with Gasteiger partial charge in [0, 0.05) is 12.1 Å². The van der Waals surface area contributed by atoms with Gasteiger partial charge in [-0.15, -0.1) is 0 Å². The van der Waals surface area contributed by atoms with Crippen LogP contribution in [0.3, 0.4) is 0 Å². The van der Waals surface area contributed by atoms with Crippen LogP contribution in [-0.2, 0) is 0 Å². The van der Waals surface area contributed by atoms with Crippen molar-refractivity contribution in [2.75, 3.05) is 7.11 Å². The van der Waals surface area contributed by atoms with Gasteiger partial charge in [0.2, 0.25) is 0 Å². The molecule has 1 aliphatic rings. The van der Waals surface area contributed by atoms with Crippen LogP contribution in [-0.4, -0.2) is 19.1 Å². The summed E-state index contributed by atoms with van der Waals surface area (Å²) in [7, 11) is 1.46. The monoisotopic (exact) mass is 209 g/mol. The predicted molar refractivity (Wildman–Crippen MR) is 53.4 cm³/mol. The Kier molecular flexibility index (Phi) is 2.58. The Hall–Kier alpha value is -1.58. The zero-order valence-electron chi connectivity index (χ0n) is 8.42. The fourth-order valence-corrected chi connectivity index (χ4v) is 1.30. The maximum Gasteiger partial charge on any atom is 0.254 e. The fraction of sp³-hybridized carbons (Fsp3) is 0.364. The number of hydrogen-bond acceptors (Lipinski definition) is 2. The molecule has 80 valence electrons. The zero-order chi connectivity index (χ0) is 10.8. The normalized spacial score (nSPS) is 14.8. The second kappa shape index (κ2) is 3.88. The smallest absolute Gasteiger partial charge is 0.254 e. The molecule has 1 aromatic rings. The van der Waals surface area contributed by atoms with Crippen molar-refractivity contribution < 1.29 is 13.9 Å². The van der Waals surface area contributed by atoms with E-state index in [9.17, 15) is 9.18 Å². The Morgan fingerprint density at radius 2 is 2.27 bits per heavy atom. The second-order valence-electron chi connectivity index (χ2n) is 3.59. The first-order valence-electron chi connectivity index (χ1n) is 4.85. The standard InChI is InChI=1S/C11H12FNO2/c1-15-8-4-5-9(10(12)6-8)11(14)13-7-2-3-7/h4-7H,2-3H2,1H3,(H,13,14). The summed E-state index contributed by atoms with van der Waals surface area (Å²) in [4.78, 5) is 11.5. The van der Waals surface area contributed by atoms with Gasteiger partial charge in [0.15, 0.2) is 0 Å². The van der Waals surface area contributed by atoms with Crippen molar-refractivity contribution in [2.45, 2.75) is 18.9 Å². The summed E-state index contributed by atoms with van der Waals surface area (Å²) in [6.07, 6.45) is 1.98. The number of methoxy groups -OCH3 is 1. The van der Waals surface area contributed by atoms with Crippen LogP contribution in [0.15, 0.2) is 18.2 Å². The van der Waals surface area contributed by atoms with E-state index in [4.69, 9.17) is 4.74 Å². The van der Waals surface area contributed by atoms with E-state index in [1.807, 2.05) is 0 Å². The summed E-state index contributed by atoms with van der Waals surface area (Å²) in [5.41, 5.74) is 0.0719. The van der Waals surface area contributed by atoms with Crippen LogP contribution < -0.4 is 10.1 Å². The van der Waals surface area contributed by atoms with E-state index in [1.165, 1.54) is 19.2 Å². The molecule has 1 aliphatic carbocycles. The maximum absolute atomic E-state index is 13.4. The van der Waals surface area contributed by atoms with E-state index in [0.717, 1.165) is 12.8 Å². The number of carbonyl (C=O) groups is 1. The summed E-state index contributed by atoms with van der Waals surface area (Å²) in [5.74, 6) is -0.486. The van der Waals surface area contributed by atoms with Crippen LogP contribution in [0.4, 0.5) is 4.39 Å². The van der Waals surface area contributed by atoms with Gasteiger partial charge < -0.3 is 10.1 Å². The third kappa shape index (κ3) is 2.26. The number of amides is 1. The van der Waals surface area contributed by atoms with Crippen molar-refractivity contribution in [3.8, 4) is 5.75 Å². The number of hydrogen-bond donors (Lipinski definition) is 1. The summed E-state index contributed by atoms with van der Waals surface area (Å²) in [6, 6.07) is 4.46. The van der Waals surface area contributed by atoms with E-state index in [2.05, 4.69) is 5.32 Å². The first kappa shape index (κ1) is 9.96. The molecule has 0 bridgehead atoms. The molecule has 1 fully saturated rings. The van der Waals surface area contributed by atoms with Gasteiger partial charge in [-0.1, -0.05) is 0 Å². The van der Waals surface area contributed by atoms with Gasteiger partial charge in [-0.3, -0.25) is 4.79 Å². The summed E-state index contributed by atoms with van der Waals surface area (Å²) in [5, 5.41) is 2.73. The van der Waals surface area contributed by atoms with Gasteiger partial charge >= 0.3 is 0 Å². The highest BCUT2D eigenvalue weighted by Crippen LogP contribution is 2.21. The lowest BCUT2D eigenvalue weighted by Crippen LogP contribution is -2.26. The van der Waals surface area contributed by atoms with Gasteiger partial charge in [0.05, 0.1) is 12.7 Å². The highest BCUT2D eigenvalue weighted by molar-refractivity contribution is 5.94.